The fraction of sp³-hybridized carbons (Fsp3) is 0.533. The molecular formula is C30H42N2O5. The summed E-state index contributed by atoms with van der Waals surface area (Å²) < 4.78 is 11.3. The molecule has 1 fully saturated rings. The lowest BCUT2D eigenvalue weighted by molar-refractivity contribution is -0.149. The highest BCUT2D eigenvalue weighted by Crippen LogP contribution is 2.28. The molecule has 0 radical (unpaired) electrons. The average Bonchev–Trinajstić information content (AvgIpc) is 3.37. The maximum Gasteiger partial charge on any atom is 0.333 e. The number of rotatable bonds is 13. The van der Waals surface area contributed by atoms with Crippen molar-refractivity contribution in [2.75, 3.05) is 31.6 Å². The highest BCUT2D eigenvalue weighted by atomic mass is 16.5. The van der Waals surface area contributed by atoms with Crippen molar-refractivity contribution in [3.8, 4) is 5.75 Å². The second-order valence-corrected chi connectivity index (χ2v) is 10.1. The Hall–Kier alpha value is -3.06. The number of ether oxygens (including phenoxy) is 2. The van der Waals surface area contributed by atoms with E-state index in [0.29, 0.717) is 44.4 Å². The van der Waals surface area contributed by atoms with Crippen LogP contribution in [0.5, 0.6) is 5.75 Å². The Morgan fingerprint density at radius 3 is 2.30 bits per heavy atom. The van der Waals surface area contributed by atoms with Crippen molar-refractivity contribution in [1.82, 2.24) is 4.90 Å². The van der Waals surface area contributed by atoms with Gasteiger partial charge in [-0.1, -0.05) is 55.5 Å². The van der Waals surface area contributed by atoms with Gasteiger partial charge in [0.05, 0.1) is 6.54 Å². The third kappa shape index (κ3) is 8.78. The molecule has 0 bridgehead atoms. The number of carboxylic acids is 1. The van der Waals surface area contributed by atoms with E-state index in [4.69, 9.17) is 9.47 Å². The Labute approximate surface area is 221 Å². The maximum atomic E-state index is 13.3. The zero-order chi connectivity index (χ0) is 26.8. The topological polar surface area (TPSA) is 88.1 Å². The second kappa shape index (κ2) is 14.0. The molecule has 0 spiro atoms. The van der Waals surface area contributed by atoms with Gasteiger partial charge in [-0.2, -0.15) is 0 Å². The Morgan fingerprint density at radius 2 is 1.70 bits per heavy atom. The first kappa shape index (κ1) is 28.5. The van der Waals surface area contributed by atoms with Crippen molar-refractivity contribution in [2.45, 2.75) is 72.3 Å². The smallest absolute Gasteiger partial charge is 0.333 e. The number of hydrogen-bond acceptors (Lipinski definition) is 4. The zero-order valence-corrected chi connectivity index (χ0v) is 22.7. The van der Waals surface area contributed by atoms with Gasteiger partial charge in [-0.05, 0) is 68.9 Å². The minimum Gasteiger partial charge on any atom is -0.492 e. The van der Waals surface area contributed by atoms with Crippen molar-refractivity contribution in [3.05, 3.63) is 58.7 Å². The van der Waals surface area contributed by atoms with Crippen LogP contribution in [0.1, 0.15) is 61.3 Å². The summed E-state index contributed by atoms with van der Waals surface area (Å²) in [7, 11) is 0. The number of nitrogens with zero attached hydrogens (tertiary/aromatic N) is 1. The number of urea groups is 1. The van der Waals surface area contributed by atoms with Crippen molar-refractivity contribution >= 4 is 17.7 Å². The van der Waals surface area contributed by atoms with E-state index in [1.54, 1.807) is 6.92 Å². The molecule has 0 aromatic heterocycles. The standard InChI is InChI=1S/C30H42N2O5/c1-5-36-27(29(33)34)20-25-10-12-26(13-11-25)37-17-16-32(15-14-24-8-6-7-9-24)30(35)31-28-22(3)18-21(2)19-23(28)4/h10-13,18-19,24,27H,5-9,14-17,20H2,1-4H3,(H,31,35)(H,33,34). The van der Waals surface area contributed by atoms with Crippen LogP contribution in [0.4, 0.5) is 10.5 Å². The Balaban J connectivity index is 1.59. The van der Waals surface area contributed by atoms with Crippen molar-refractivity contribution in [2.24, 2.45) is 5.92 Å². The van der Waals surface area contributed by atoms with Gasteiger partial charge in [-0.3, -0.25) is 0 Å². The SMILES string of the molecule is CCOC(Cc1ccc(OCCN(CCC2CCCC2)C(=O)Nc2c(C)cc(C)cc2C)cc1)C(=O)O. The molecule has 3 rings (SSSR count). The maximum absolute atomic E-state index is 13.3. The lowest BCUT2D eigenvalue weighted by Gasteiger charge is -2.25. The normalized spacial score (nSPS) is 14.4. The molecule has 7 nitrogen and oxygen atoms in total. The van der Waals surface area contributed by atoms with E-state index in [0.717, 1.165) is 28.8 Å². The summed E-state index contributed by atoms with van der Waals surface area (Å²) in [5.74, 6) is 0.417. The van der Waals surface area contributed by atoms with Crippen molar-refractivity contribution in [3.63, 3.8) is 0 Å². The third-order valence-electron chi connectivity index (χ3n) is 7.10. The summed E-state index contributed by atoms with van der Waals surface area (Å²) in [5, 5.41) is 12.4. The van der Waals surface area contributed by atoms with Crippen LogP contribution in [0.2, 0.25) is 0 Å². The molecule has 2 aromatic carbocycles. The molecule has 7 heteroatoms. The van der Waals surface area contributed by atoms with Gasteiger partial charge in [-0.15, -0.1) is 0 Å². The van der Waals surface area contributed by atoms with Crippen molar-refractivity contribution in [1.29, 1.82) is 0 Å². The number of amides is 2. The van der Waals surface area contributed by atoms with Gasteiger partial charge in [0.2, 0.25) is 0 Å². The monoisotopic (exact) mass is 510 g/mol. The van der Waals surface area contributed by atoms with Crippen LogP contribution in [0.25, 0.3) is 0 Å². The molecule has 2 N–H and O–H groups in total. The van der Waals surface area contributed by atoms with E-state index in [1.807, 2.05) is 43.0 Å². The molecule has 1 saturated carbocycles. The van der Waals surface area contributed by atoms with Gasteiger partial charge >= 0.3 is 12.0 Å². The molecule has 1 aliphatic rings. The molecule has 0 heterocycles. The van der Waals surface area contributed by atoms with Crippen LogP contribution in [-0.2, 0) is 16.0 Å². The minimum atomic E-state index is -0.964. The zero-order valence-electron chi connectivity index (χ0n) is 22.7. The van der Waals surface area contributed by atoms with Crippen LogP contribution in [0, 0.1) is 26.7 Å². The summed E-state index contributed by atoms with van der Waals surface area (Å²) >= 11 is 0. The molecule has 37 heavy (non-hydrogen) atoms. The van der Waals surface area contributed by atoms with Crippen LogP contribution >= 0.6 is 0 Å². The van der Waals surface area contributed by atoms with Crippen LogP contribution in [0.15, 0.2) is 36.4 Å². The number of hydrogen-bond donors (Lipinski definition) is 2. The predicted octanol–water partition coefficient (Wildman–Crippen LogP) is 6.14. The van der Waals surface area contributed by atoms with Gasteiger partial charge in [0.1, 0.15) is 12.4 Å². The number of carbonyl (C=O) groups is 2. The Kier molecular flexibility index (Phi) is 10.8. The molecule has 202 valence electrons. The quantitative estimate of drug-likeness (QED) is 0.338. The van der Waals surface area contributed by atoms with E-state index in [9.17, 15) is 14.7 Å². The first-order chi connectivity index (χ1) is 17.8. The van der Waals surface area contributed by atoms with Crippen LogP contribution in [-0.4, -0.2) is 54.4 Å². The van der Waals surface area contributed by atoms with E-state index in [1.165, 1.54) is 31.2 Å². The van der Waals surface area contributed by atoms with E-state index >= 15 is 0 Å². The number of aryl methyl sites for hydroxylation is 3. The lowest BCUT2D eigenvalue weighted by Crippen LogP contribution is -2.39. The second-order valence-electron chi connectivity index (χ2n) is 10.1. The molecule has 2 amide bonds. The van der Waals surface area contributed by atoms with E-state index in [2.05, 4.69) is 24.4 Å². The average molecular weight is 511 g/mol. The first-order valence-corrected chi connectivity index (χ1v) is 13.5. The molecular weight excluding hydrogens is 468 g/mol. The summed E-state index contributed by atoms with van der Waals surface area (Å²) in [6, 6.07) is 11.5. The Morgan fingerprint density at radius 1 is 1.05 bits per heavy atom. The van der Waals surface area contributed by atoms with E-state index in [-0.39, 0.29) is 6.03 Å². The number of aliphatic carboxylic acids is 1. The number of carboxylic acid groups (broad SMARTS) is 1. The van der Waals surface area contributed by atoms with E-state index < -0.39 is 12.1 Å². The van der Waals surface area contributed by atoms with Gasteiger partial charge in [-0.25, -0.2) is 9.59 Å². The molecule has 2 aromatic rings. The predicted molar refractivity (Wildman–Crippen MR) is 147 cm³/mol. The lowest BCUT2D eigenvalue weighted by atomic mass is 10.0. The highest BCUT2D eigenvalue weighted by Gasteiger charge is 2.21. The van der Waals surface area contributed by atoms with Gasteiger partial charge in [0, 0.05) is 25.3 Å². The molecule has 1 atom stereocenters. The minimum absolute atomic E-state index is 0.0948. The van der Waals surface area contributed by atoms with Crippen LogP contribution in [0.3, 0.4) is 0 Å². The molecule has 1 aliphatic carbocycles. The fourth-order valence-corrected chi connectivity index (χ4v) is 5.14. The Bertz CT molecular complexity index is 1010. The summed E-state index contributed by atoms with van der Waals surface area (Å²) in [5.41, 5.74) is 5.06. The van der Waals surface area contributed by atoms with Gasteiger partial charge < -0.3 is 24.8 Å². The summed E-state index contributed by atoms with van der Waals surface area (Å²) in [6.45, 7) is 9.81. The summed E-state index contributed by atoms with van der Waals surface area (Å²) in [4.78, 5) is 26.5. The fourth-order valence-electron chi connectivity index (χ4n) is 5.14. The molecule has 1 unspecified atom stereocenters. The molecule has 0 saturated heterocycles. The number of anilines is 1. The van der Waals surface area contributed by atoms with Gasteiger partial charge in [0.15, 0.2) is 6.10 Å². The summed E-state index contributed by atoms with van der Waals surface area (Å²) in [6.07, 6.45) is 5.53. The third-order valence-corrected chi connectivity index (χ3v) is 7.10. The molecule has 0 aliphatic heterocycles. The largest absolute Gasteiger partial charge is 0.492 e. The number of carbonyl (C=O) groups excluding carboxylic acids is 1. The first-order valence-electron chi connectivity index (χ1n) is 13.5. The highest BCUT2D eigenvalue weighted by molar-refractivity contribution is 5.91. The number of benzene rings is 2. The van der Waals surface area contributed by atoms with Crippen molar-refractivity contribution < 1.29 is 24.2 Å². The van der Waals surface area contributed by atoms with Crippen LogP contribution < -0.4 is 10.1 Å². The number of nitrogens with one attached hydrogen (secondary N) is 1. The van der Waals surface area contributed by atoms with Gasteiger partial charge in [0.25, 0.3) is 0 Å².